The monoisotopic (exact) mass is 390 g/mol. The van der Waals surface area contributed by atoms with E-state index in [2.05, 4.69) is 22.6 Å². The lowest BCUT2D eigenvalue weighted by atomic mass is 10.2. The predicted molar refractivity (Wildman–Crippen MR) is 81.3 cm³/mol. The van der Waals surface area contributed by atoms with Crippen LogP contribution in [0.1, 0.15) is 10.4 Å². The van der Waals surface area contributed by atoms with Gasteiger partial charge in [0, 0.05) is 22.3 Å². The van der Waals surface area contributed by atoms with Crippen molar-refractivity contribution in [1.29, 1.82) is 0 Å². The molecule has 108 valence electrons. The van der Waals surface area contributed by atoms with Crippen molar-refractivity contribution in [1.82, 2.24) is 4.90 Å². The Labute approximate surface area is 130 Å². The average Bonchev–Trinajstić information content (AvgIpc) is 2.47. The van der Waals surface area contributed by atoms with E-state index in [0.29, 0.717) is 32.0 Å². The maximum absolute atomic E-state index is 11.9. The lowest BCUT2D eigenvalue weighted by Crippen LogP contribution is -2.42. The summed E-state index contributed by atoms with van der Waals surface area (Å²) in [4.78, 5) is 25.4. The molecule has 1 heterocycles. The molecule has 1 aromatic rings. The van der Waals surface area contributed by atoms with Gasteiger partial charge in [-0.1, -0.05) is 0 Å². The number of amides is 1. The second-order valence-electron chi connectivity index (χ2n) is 4.30. The van der Waals surface area contributed by atoms with Crippen molar-refractivity contribution in [2.75, 3.05) is 38.6 Å². The first-order valence-electron chi connectivity index (χ1n) is 6.15. The summed E-state index contributed by atoms with van der Waals surface area (Å²) in [6, 6.07) is 5.07. The number of nitrogen functional groups attached to an aromatic ring is 1. The number of morpholine rings is 1. The number of benzene rings is 1. The van der Waals surface area contributed by atoms with Gasteiger partial charge in [-0.05, 0) is 40.8 Å². The van der Waals surface area contributed by atoms with E-state index >= 15 is 0 Å². The highest BCUT2D eigenvalue weighted by Gasteiger charge is 2.19. The molecule has 0 radical (unpaired) electrons. The SMILES string of the molecule is Nc1ccc(I)cc1C(=O)OCC(=O)N1CCOCC1. The molecule has 1 aliphatic heterocycles. The van der Waals surface area contributed by atoms with Crippen LogP contribution in [0.2, 0.25) is 0 Å². The van der Waals surface area contributed by atoms with Gasteiger partial charge in [0.25, 0.3) is 5.91 Å². The Hall–Kier alpha value is -1.35. The van der Waals surface area contributed by atoms with Gasteiger partial charge in [-0.3, -0.25) is 4.79 Å². The van der Waals surface area contributed by atoms with Gasteiger partial charge < -0.3 is 20.1 Å². The molecule has 0 bridgehead atoms. The van der Waals surface area contributed by atoms with Crippen LogP contribution >= 0.6 is 22.6 Å². The van der Waals surface area contributed by atoms with Gasteiger partial charge in [-0.2, -0.15) is 0 Å². The Morgan fingerprint density at radius 2 is 2.05 bits per heavy atom. The van der Waals surface area contributed by atoms with E-state index in [1.165, 1.54) is 0 Å². The van der Waals surface area contributed by atoms with Gasteiger partial charge in [0.15, 0.2) is 6.61 Å². The third kappa shape index (κ3) is 3.83. The molecule has 1 aliphatic rings. The molecular formula is C13H15IN2O4. The molecule has 1 aromatic carbocycles. The number of carbonyl (C=O) groups excluding carboxylic acids is 2. The highest BCUT2D eigenvalue weighted by atomic mass is 127. The molecule has 0 spiro atoms. The number of anilines is 1. The maximum Gasteiger partial charge on any atom is 0.340 e. The quantitative estimate of drug-likeness (QED) is 0.471. The standard InChI is InChI=1S/C13H15IN2O4/c14-9-1-2-11(15)10(7-9)13(18)20-8-12(17)16-3-5-19-6-4-16/h1-2,7H,3-6,8,15H2. The molecule has 1 fully saturated rings. The first-order valence-corrected chi connectivity index (χ1v) is 7.23. The summed E-state index contributed by atoms with van der Waals surface area (Å²) in [6.07, 6.45) is 0. The van der Waals surface area contributed by atoms with E-state index < -0.39 is 5.97 Å². The molecule has 2 rings (SSSR count). The van der Waals surface area contributed by atoms with Crippen LogP contribution in [-0.4, -0.2) is 49.7 Å². The maximum atomic E-state index is 11.9. The number of ether oxygens (including phenoxy) is 2. The minimum absolute atomic E-state index is 0.217. The summed E-state index contributed by atoms with van der Waals surface area (Å²) in [7, 11) is 0. The molecule has 20 heavy (non-hydrogen) atoms. The van der Waals surface area contributed by atoms with Crippen molar-refractivity contribution in [3.63, 3.8) is 0 Å². The van der Waals surface area contributed by atoms with Gasteiger partial charge in [-0.15, -0.1) is 0 Å². The third-order valence-electron chi connectivity index (χ3n) is 2.93. The van der Waals surface area contributed by atoms with E-state index in [1.54, 1.807) is 23.1 Å². The summed E-state index contributed by atoms with van der Waals surface area (Å²) in [6.45, 7) is 1.82. The molecule has 7 heteroatoms. The smallest absolute Gasteiger partial charge is 0.340 e. The number of hydrogen-bond donors (Lipinski definition) is 1. The van der Waals surface area contributed by atoms with Crippen molar-refractivity contribution in [3.05, 3.63) is 27.3 Å². The van der Waals surface area contributed by atoms with E-state index in [9.17, 15) is 9.59 Å². The Bertz CT molecular complexity index is 515. The summed E-state index contributed by atoms with van der Waals surface area (Å²) in [5.74, 6) is -0.798. The summed E-state index contributed by atoms with van der Waals surface area (Å²) < 4.78 is 11.1. The number of nitrogens with two attached hydrogens (primary N) is 1. The Morgan fingerprint density at radius 3 is 2.75 bits per heavy atom. The van der Waals surface area contributed by atoms with Crippen molar-refractivity contribution < 1.29 is 19.1 Å². The molecule has 2 N–H and O–H groups in total. The second kappa shape index (κ2) is 6.89. The van der Waals surface area contributed by atoms with Crippen LogP contribution < -0.4 is 5.73 Å². The first kappa shape index (κ1) is 15.0. The van der Waals surface area contributed by atoms with Gasteiger partial charge in [0.1, 0.15) is 0 Å². The molecule has 1 amide bonds. The molecule has 0 unspecified atom stereocenters. The molecule has 0 aromatic heterocycles. The number of esters is 1. The van der Waals surface area contributed by atoms with E-state index in [0.717, 1.165) is 3.57 Å². The van der Waals surface area contributed by atoms with Crippen molar-refractivity contribution in [3.8, 4) is 0 Å². The Kier molecular flexibility index (Phi) is 5.18. The van der Waals surface area contributed by atoms with Gasteiger partial charge >= 0.3 is 5.97 Å². The van der Waals surface area contributed by atoms with Crippen LogP contribution in [0.15, 0.2) is 18.2 Å². The van der Waals surface area contributed by atoms with Crippen molar-refractivity contribution in [2.45, 2.75) is 0 Å². The molecule has 1 saturated heterocycles. The minimum atomic E-state index is -0.581. The van der Waals surface area contributed by atoms with Crippen LogP contribution in [0.3, 0.4) is 0 Å². The van der Waals surface area contributed by atoms with Crippen LogP contribution in [-0.2, 0) is 14.3 Å². The molecule has 0 aliphatic carbocycles. The fraction of sp³-hybridized carbons (Fsp3) is 0.385. The number of nitrogens with zero attached hydrogens (tertiary/aromatic N) is 1. The topological polar surface area (TPSA) is 81.9 Å². The van der Waals surface area contributed by atoms with Crippen molar-refractivity contribution >= 4 is 40.2 Å². The summed E-state index contributed by atoms with van der Waals surface area (Å²) >= 11 is 2.08. The lowest BCUT2D eigenvalue weighted by Gasteiger charge is -2.26. The fourth-order valence-corrected chi connectivity index (χ4v) is 2.31. The Morgan fingerprint density at radius 1 is 1.35 bits per heavy atom. The largest absolute Gasteiger partial charge is 0.452 e. The van der Waals surface area contributed by atoms with Crippen LogP contribution in [0, 0.1) is 3.57 Å². The zero-order valence-corrected chi connectivity index (χ0v) is 13.0. The highest BCUT2D eigenvalue weighted by molar-refractivity contribution is 14.1. The Balaban J connectivity index is 1.91. The number of carbonyl (C=O) groups is 2. The van der Waals surface area contributed by atoms with Gasteiger partial charge in [0.2, 0.25) is 0 Å². The lowest BCUT2D eigenvalue weighted by molar-refractivity contribution is -0.138. The van der Waals surface area contributed by atoms with Crippen LogP contribution in [0.25, 0.3) is 0 Å². The third-order valence-corrected chi connectivity index (χ3v) is 3.60. The number of hydrogen-bond acceptors (Lipinski definition) is 5. The molecule has 0 saturated carbocycles. The summed E-state index contributed by atoms with van der Waals surface area (Å²) in [5.41, 5.74) is 6.35. The second-order valence-corrected chi connectivity index (χ2v) is 5.55. The average molecular weight is 390 g/mol. The normalized spacial score (nSPS) is 14.9. The van der Waals surface area contributed by atoms with Crippen LogP contribution in [0.4, 0.5) is 5.69 Å². The minimum Gasteiger partial charge on any atom is -0.452 e. The van der Waals surface area contributed by atoms with Crippen molar-refractivity contribution in [2.24, 2.45) is 0 Å². The van der Waals surface area contributed by atoms with Gasteiger partial charge in [0.05, 0.1) is 18.8 Å². The predicted octanol–water partition coefficient (Wildman–Crippen LogP) is 0.889. The highest BCUT2D eigenvalue weighted by Crippen LogP contribution is 2.16. The zero-order valence-electron chi connectivity index (χ0n) is 10.8. The molecule has 0 atom stereocenters. The summed E-state index contributed by atoms with van der Waals surface area (Å²) in [5, 5.41) is 0. The van der Waals surface area contributed by atoms with Gasteiger partial charge in [-0.25, -0.2) is 4.79 Å². The molecule has 6 nitrogen and oxygen atoms in total. The number of rotatable bonds is 3. The van der Waals surface area contributed by atoms with E-state index in [-0.39, 0.29) is 18.1 Å². The van der Waals surface area contributed by atoms with Crippen LogP contribution in [0.5, 0.6) is 0 Å². The fourth-order valence-electron chi connectivity index (χ4n) is 1.81. The number of halogens is 1. The van der Waals surface area contributed by atoms with E-state index in [1.807, 2.05) is 0 Å². The zero-order chi connectivity index (χ0) is 14.5. The first-order chi connectivity index (χ1) is 9.58. The molecular weight excluding hydrogens is 375 g/mol. The van der Waals surface area contributed by atoms with E-state index in [4.69, 9.17) is 15.2 Å².